The number of rotatable bonds is 3. The highest BCUT2D eigenvalue weighted by molar-refractivity contribution is 5.74. The standard InChI is InChI=1S/C14H18N4O/c1-10(2)17-8-4-6-12(17)14-16-15-13-7-3-5-11(9-19)18(13)14/h3,5,7,9-10,12H,4,6,8H2,1-2H3. The summed E-state index contributed by atoms with van der Waals surface area (Å²) in [7, 11) is 0. The number of fused-ring (bicyclic) bond motifs is 1. The molecule has 5 heteroatoms. The summed E-state index contributed by atoms with van der Waals surface area (Å²) in [5.74, 6) is 0.893. The Morgan fingerprint density at radius 3 is 2.95 bits per heavy atom. The van der Waals surface area contributed by atoms with Crippen LogP contribution in [0.5, 0.6) is 0 Å². The van der Waals surface area contributed by atoms with Crippen LogP contribution >= 0.6 is 0 Å². The average Bonchev–Trinajstić information content (AvgIpc) is 3.03. The predicted molar refractivity (Wildman–Crippen MR) is 72.2 cm³/mol. The van der Waals surface area contributed by atoms with Crippen LogP contribution in [-0.2, 0) is 0 Å². The fourth-order valence-electron chi connectivity index (χ4n) is 2.98. The summed E-state index contributed by atoms with van der Waals surface area (Å²) >= 11 is 0. The molecule has 100 valence electrons. The second-order valence-electron chi connectivity index (χ2n) is 5.31. The van der Waals surface area contributed by atoms with Crippen molar-refractivity contribution in [3.8, 4) is 0 Å². The number of nitrogens with zero attached hydrogens (tertiary/aromatic N) is 4. The summed E-state index contributed by atoms with van der Waals surface area (Å²) in [4.78, 5) is 13.6. The van der Waals surface area contributed by atoms with E-state index in [9.17, 15) is 4.79 Å². The van der Waals surface area contributed by atoms with Gasteiger partial charge in [-0.1, -0.05) is 6.07 Å². The van der Waals surface area contributed by atoms with Crippen molar-refractivity contribution in [2.24, 2.45) is 0 Å². The van der Waals surface area contributed by atoms with E-state index in [0.717, 1.165) is 30.7 Å². The lowest BCUT2D eigenvalue weighted by atomic mass is 10.2. The van der Waals surface area contributed by atoms with E-state index in [1.165, 1.54) is 6.42 Å². The highest BCUT2D eigenvalue weighted by Gasteiger charge is 2.31. The average molecular weight is 258 g/mol. The van der Waals surface area contributed by atoms with E-state index >= 15 is 0 Å². The van der Waals surface area contributed by atoms with Gasteiger partial charge in [0.05, 0.1) is 11.7 Å². The third-order valence-corrected chi connectivity index (χ3v) is 3.86. The molecule has 1 aliphatic heterocycles. The number of pyridine rings is 1. The van der Waals surface area contributed by atoms with Crippen LogP contribution in [0.4, 0.5) is 0 Å². The van der Waals surface area contributed by atoms with E-state index in [1.54, 1.807) is 0 Å². The fraction of sp³-hybridized carbons (Fsp3) is 0.500. The minimum Gasteiger partial charge on any atom is -0.296 e. The molecule has 1 aliphatic rings. The molecule has 0 radical (unpaired) electrons. The molecule has 1 atom stereocenters. The Balaban J connectivity index is 2.12. The van der Waals surface area contributed by atoms with Gasteiger partial charge in [-0.05, 0) is 45.4 Å². The zero-order valence-corrected chi connectivity index (χ0v) is 11.3. The highest BCUT2D eigenvalue weighted by atomic mass is 16.1. The van der Waals surface area contributed by atoms with Gasteiger partial charge in [-0.25, -0.2) is 0 Å². The molecule has 3 rings (SSSR count). The van der Waals surface area contributed by atoms with E-state index in [1.807, 2.05) is 22.6 Å². The van der Waals surface area contributed by atoms with Crippen LogP contribution in [0.2, 0.25) is 0 Å². The smallest absolute Gasteiger partial charge is 0.166 e. The number of carbonyl (C=O) groups is 1. The van der Waals surface area contributed by atoms with Gasteiger partial charge in [-0.3, -0.25) is 14.1 Å². The van der Waals surface area contributed by atoms with Crippen molar-refractivity contribution in [3.63, 3.8) is 0 Å². The predicted octanol–water partition coefficient (Wildman–Crippen LogP) is 2.09. The number of aromatic nitrogens is 3. The first-order valence-corrected chi connectivity index (χ1v) is 6.77. The molecule has 2 aromatic rings. The van der Waals surface area contributed by atoms with Crippen LogP contribution in [-0.4, -0.2) is 38.4 Å². The fourth-order valence-corrected chi connectivity index (χ4v) is 2.98. The molecule has 2 aromatic heterocycles. The molecular formula is C14H18N4O. The monoisotopic (exact) mass is 258 g/mol. The molecule has 1 unspecified atom stereocenters. The zero-order valence-electron chi connectivity index (χ0n) is 11.3. The van der Waals surface area contributed by atoms with Gasteiger partial charge >= 0.3 is 0 Å². The van der Waals surface area contributed by atoms with Crippen molar-refractivity contribution in [2.45, 2.75) is 38.8 Å². The van der Waals surface area contributed by atoms with Gasteiger partial charge in [0.2, 0.25) is 0 Å². The molecule has 3 heterocycles. The molecule has 0 amide bonds. The highest BCUT2D eigenvalue weighted by Crippen LogP contribution is 2.32. The second-order valence-corrected chi connectivity index (χ2v) is 5.31. The van der Waals surface area contributed by atoms with Crippen LogP contribution in [0.15, 0.2) is 18.2 Å². The minimum absolute atomic E-state index is 0.260. The Morgan fingerprint density at radius 1 is 1.37 bits per heavy atom. The Bertz CT molecular complexity index is 605. The van der Waals surface area contributed by atoms with Crippen molar-refractivity contribution < 1.29 is 4.79 Å². The van der Waals surface area contributed by atoms with Gasteiger partial charge in [0.15, 0.2) is 17.8 Å². The lowest BCUT2D eigenvalue weighted by Gasteiger charge is -2.27. The quantitative estimate of drug-likeness (QED) is 0.791. The summed E-state index contributed by atoms with van der Waals surface area (Å²) in [5.41, 5.74) is 1.36. The molecule has 0 bridgehead atoms. The first-order valence-electron chi connectivity index (χ1n) is 6.77. The minimum atomic E-state index is 0.260. The normalized spacial score (nSPS) is 20.5. The topological polar surface area (TPSA) is 50.5 Å². The van der Waals surface area contributed by atoms with Gasteiger partial charge in [0.25, 0.3) is 0 Å². The summed E-state index contributed by atoms with van der Waals surface area (Å²) in [6, 6.07) is 6.27. The molecule has 0 spiro atoms. The maximum atomic E-state index is 11.2. The first kappa shape index (κ1) is 12.3. The summed E-state index contributed by atoms with van der Waals surface area (Å²) in [6.45, 7) is 5.48. The Kier molecular flexibility index (Phi) is 3.06. The van der Waals surface area contributed by atoms with Crippen molar-refractivity contribution in [1.29, 1.82) is 0 Å². The van der Waals surface area contributed by atoms with Crippen LogP contribution in [0, 0.1) is 0 Å². The summed E-state index contributed by atoms with van der Waals surface area (Å²) in [6.07, 6.45) is 3.11. The van der Waals surface area contributed by atoms with Crippen LogP contribution < -0.4 is 0 Å². The van der Waals surface area contributed by atoms with E-state index < -0.39 is 0 Å². The number of likely N-dealkylation sites (tertiary alicyclic amines) is 1. The molecule has 1 saturated heterocycles. The third-order valence-electron chi connectivity index (χ3n) is 3.86. The van der Waals surface area contributed by atoms with Crippen molar-refractivity contribution in [3.05, 3.63) is 29.7 Å². The maximum Gasteiger partial charge on any atom is 0.166 e. The molecular weight excluding hydrogens is 240 g/mol. The van der Waals surface area contributed by atoms with Gasteiger partial charge in [-0.2, -0.15) is 0 Å². The first-order chi connectivity index (χ1) is 9.22. The van der Waals surface area contributed by atoms with Gasteiger partial charge < -0.3 is 0 Å². The van der Waals surface area contributed by atoms with Crippen LogP contribution in [0.1, 0.15) is 49.0 Å². The zero-order chi connectivity index (χ0) is 13.4. The van der Waals surface area contributed by atoms with Crippen LogP contribution in [0.25, 0.3) is 5.65 Å². The second kappa shape index (κ2) is 4.74. The van der Waals surface area contributed by atoms with E-state index in [-0.39, 0.29) is 6.04 Å². The number of hydrogen-bond acceptors (Lipinski definition) is 4. The molecule has 0 aromatic carbocycles. The molecule has 0 N–H and O–H groups in total. The molecule has 0 aliphatic carbocycles. The molecule has 0 saturated carbocycles. The summed E-state index contributed by atoms with van der Waals surface area (Å²) in [5, 5.41) is 8.52. The van der Waals surface area contributed by atoms with Crippen molar-refractivity contribution in [2.75, 3.05) is 6.54 Å². The summed E-state index contributed by atoms with van der Waals surface area (Å²) < 4.78 is 1.89. The molecule has 1 fully saturated rings. The van der Waals surface area contributed by atoms with E-state index in [4.69, 9.17) is 0 Å². The van der Waals surface area contributed by atoms with Crippen LogP contribution in [0.3, 0.4) is 0 Å². The van der Waals surface area contributed by atoms with Gasteiger partial charge in [0, 0.05) is 6.04 Å². The Morgan fingerprint density at radius 2 is 2.21 bits per heavy atom. The maximum absolute atomic E-state index is 11.2. The van der Waals surface area contributed by atoms with E-state index in [2.05, 4.69) is 28.9 Å². The SMILES string of the molecule is CC(C)N1CCCC1c1nnc2cccc(C=O)n12. The Hall–Kier alpha value is -1.75. The molecule has 19 heavy (non-hydrogen) atoms. The lowest BCUT2D eigenvalue weighted by Crippen LogP contribution is -2.31. The van der Waals surface area contributed by atoms with E-state index in [0.29, 0.717) is 11.7 Å². The number of aldehydes is 1. The third kappa shape index (κ3) is 1.94. The van der Waals surface area contributed by atoms with Crippen molar-refractivity contribution >= 4 is 11.9 Å². The van der Waals surface area contributed by atoms with Gasteiger partial charge in [-0.15, -0.1) is 10.2 Å². The van der Waals surface area contributed by atoms with Crippen molar-refractivity contribution in [1.82, 2.24) is 19.5 Å². The number of hydrogen-bond donors (Lipinski definition) is 0. The van der Waals surface area contributed by atoms with Gasteiger partial charge in [0.1, 0.15) is 0 Å². The largest absolute Gasteiger partial charge is 0.296 e. The Labute approximate surface area is 112 Å². The molecule has 5 nitrogen and oxygen atoms in total. The lowest BCUT2D eigenvalue weighted by molar-refractivity contribution is 0.111. The number of carbonyl (C=O) groups excluding carboxylic acids is 1.